The third-order valence-electron chi connectivity index (χ3n) is 0.871. The Hall–Kier alpha value is -0.553. The standard InChI is InChI=1S/C4H9ClO2Si.C3H6O2/c1-4(6)7-8-3-2-5;1-3(4)5-2/h2-3,8H2,1H3;1-2H3. The summed E-state index contributed by atoms with van der Waals surface area (Å²) >= 11 is 5.33. The highest BCUT2D eigenvalue weighted by Gasteiger charge is 1.90. The molecule has 0 heterocycles. The van der Waals surface area contributed by atoms with E-state index >= 15 is 0 Å². The average Bonchev–Trinajstić information content (AvgIpc) is 2.05. The Labute approximate surface area is 85.5 Å². The van der Waals surface area contributed by atoms with E-state index in [1.54, 1.807) is 0 Å². The smallest absolute Gasteiger partial charge is 0.302 e. The first-order valence-corrected chi connectivity index (χ1v) is 5.89. The quantitative estimate of drug-likeness (QED) is 0.304. The minimum Gasteiger partial charge on any atom is -0.525 e. The van der Waals surface area contributed by atoms with Crippen LogP contribution in [0.5, 0.6) is 0 Å². The molecule has 0 fully saturated rings. The lowest BCUT2D eigenvalue weighted by atomic mass is 10.8. The molecule has 78 valence electrons. The van der Waals surface area contributed by atoms with Crippen LogP contribution in [0.3, 0.4) is 0 Å². The molecule has 0 bridgehead atoms. The van der Waals surface area contributed by atoms with Gasteiger partial charge in [0, 0.05) is 19.7 Å². The van der Waals surface area contributed by atoms with Crippen LogP contribution in [0.2, 0.25) is 6.04 Å². The first-order valence-electron chi connectivity index (χ1n) is 3.78. The van der Waals surface area contributed by atoms with Gasteiger partial charge in [0.15, 0.2) is 0 Å². The van der Waals surface area contributed by atoms with E-state index in [1.807, 2.05) is 0 Å². The van der Waals surface area contributed by atoms with Crippen molar-refractivity contribution in [3.63, 3.8) is 0 Å². The van der Waals surface area contributed by atoms with Crippen molar-refractivity contribution in [3.05, 3.63) is 0 Å². The van der Waals surface area contributed by atoms with Gasteiger partial charge >= 0.3 is 5.97 Å². The van der Waals surface area contributed by atoms with E-state index in [4.69, 9.17) is 16.0 Å². The number of halogens is 1. The predicted octanol–water partition coefficient (Wildman–Crippen LogP) is 0.470. The molecule has 0 aliphatic carbocycles. The number of carbonyl (C=O) groups is 2. The summed E-state index contributed by atoms with van der Waals surface area (Å²) in [6.45, 7) is 2.78. The van der Waals surface area contributed by atoms with Gasteiger partial charge < -0.3 is 9.16 Å². The summed E-state index contributed by atoms with van der Waals surface area (Å²) in [4.78, 5) is 19.7. The normalized spacial score (nSPS) is 8.92. The van der Waals surface area contributed by atoms with Gasteiger partial charge in [-0.3, -0.25) is 9.59 Å². The third-order valence-corrected chi connectivity index (χ3v) is 2.84. The summed E-state index contributed by atoms with van der Waals surface area (Å²) in [5.41, 5.74) is 0. The van der Waals surface area contributed by atoms with Gasteiger partial charge in [0.25, 0.3) is 5.97 Å². The molecule has 0 aliphatic rings. The lowest BCUT2D eigenvalue weighted by Crippen LogP contribution is -2.03. The van der Waals surface area contributed by atoms with Gasteiger partial charge in [-0.1, -0.05) is 0 Å². The summed E-state index contributed by atoms with van der Waals surface area (Å²) in [7, 11) is 0.732. The van der Waals surface area contributed by atoms with Crippen molar-refractivity contribution >= 4 is 33.3 Å². The molecule has 0 spiro atoms. The van der Waals surface area contributed by atoms with Crippen LogP contribution in [0.1, 0.15) is 13.8 Å². The summed E-state index contributed by atoms with van der Waals surface area (Å²) in [6, 6.07) is 0.876. The molecule has 0 aromatic carbocycles. The molecule has 0 aromatic rings. The Morgan fingerprint density at radius 3 is 2.00 bits per heavy atom. The van der Waals surface area contributed by atoms with Gasteiger partial charge in [-0.25, -0.2) is 0 Å². The van der Waals surface area contributed by atoms with Crippen LogP contribution in [0.15, 0.2) is 0 Å². The predicted molar refractivity (Wildman–Crippen MR) is 53.5 cm³/mol. The molecule has 0 radical (unpaired) electrons. The fourth-order valence-corrected chi connectivity index (χ4v) is 1.14. The number of ether oxygens (including phenoxy) is 1. The van der Waals surface area contributed by atoms with Crippen molar-refractivity contribution in [3.8, 4) is 0 Å². The fraction of sp³-hybridized carbons (Fsp3) is 0.714. The van der Waals surface area contributed by atoms with Crippen LogP contribution in [0, 0.1) is 0 Å². The number of hydrogen-bond acceptors (Lipinski definition) is 4. The maximum absolute atomic E-state index is 10.1. The zero-order chi connectivity index (χ0) is 10.7. The Morgan fingerprint density at radius 1 is 1.31 bits per heavy atom. The molecular weight excluding hydrogens is 212 g/mol. The van der Waals surface area contributed by atoms with Crippen LogP contribution in [-0.4, -0.2) is 34.7 Å². The second-order valence-electron chi connectivity index (χ2n) is 2.08. The van der Waals surface area contributed by atoms with Crippen LogP contribution < -0.4 is 0 Å². The third kappa shape index (κ3) is 24.6. The number of alkyl halides is 1. The number of methoxy groups -OCH3 is 1. The van der Waals surface area contributed by atoms with E-state index in [-0.39, 0.29) is 11.9 Å². The highest BCUT2D eigenvalue weighted by molar-refractivity contribution is 6.33. The van der Waals surface area contributed by atoms with Gasteiger partial charge in [0.1, 0.15) is 0 Å². The zero-order valence-corrected chi connectivity index (χ0v) is 10.3. The first-order chi connectivity index (χ1) is 6.04. The van der Waals surface area contributed by atoms with E-state index < -0.39 is 9.76 Å². The monoisotopic (exact) mass is 226 g/mol. The summed E-state index contributed by atoms with van der Waals surface area (Å²) < 4.78 is 8.81. The van der Waals surface area contributed by atoms with Gasteiger partial charge in [-0.15, -0.1) is 11.6 Å². The minimum atomic E-state index is -0.618. The molecule has 0 aromatic heterocycles. The Balaban J connectivity index is 0. The molecule has 4 nitrogen and oxygen atoms in total. The van der Waals surface area contributed by atoms with E-state index in [9.17, 15) is 9.59 Å². The van der Waals surface area contributed by atoms with E-state index in [1.165, 1.54) is 21.0 Å². The molecule has 0 atom stereocenters. The topological polar surface area (TPSA) is 52.6 Å². The van der Waals surface area contributed by atoms with E-state index in [2.05, 4.69) is 4.74 Å². The maximum Gasteiger partial charge on any atom is 0.302 e. The molecule has 0 rings (SSSR count). The van der Waals surface area contributed by atoms with Crippen LogP contribution in [0.25, 0.3) is 0 Å². The lowest BCUT2D eigenvalue weighted by Gasteiger charge is -1.95. The Bertz CT molecular complexity index is 151. The highest BCUT2D eigenvalue weighted by atomic mass is 35.5. The number of hydrogen-bond donors (Lipinski definition) is 0. The zero-order valence-electron chi connectivity index (χ0n) is 8.13. The summed E-state index contributed by atoms with van der Waals surface area (Å²) in [5, 5.41) is 0. The van der Waals surface area contributed by atoms with Gasteiger partial charge in [0.05, 0.1) is 7.11 Å². The molecule has 13 heavy (non-hydrogen) atoms. The average molecular weight is 227 g/mol. The lowest BCUT2D eigenvalue weighted by molar-refractivity contribution is -0.138. The van der Waals surface area contributed by atoms with Crippen molar-refractivity contribution in [2.24, 2.45) is 0 Å². The number of esters is 1. The largest absolute Gasteiger partial charge is 0.525 e. The molecule has 0 N–H and O–H groups in total. The molecule has 6 heteroatoms. The summed E-state index contributed by atoms with van der Waals surface area (Å²) in [6.07, 6.45) is 0. The second-order valence-corrected chi connectivity index (χ2v) is 3.86. The molecule has 0 unspecified atom stereocenters. The first kappa shape index (κ1) is 14.9. The number of carbonyl (C=O) groups excluding carboxylic acids is 2. The molecule has 0 saturated carbocycles. The van der Waals surface area contributed by atoms with E-state index in [0.717, 1.165) is 6.04 Å². The highest BCUT2D eigenvalue weighted by Crippen LogP contribution is 1.84. The van der Waals surface area contributed by atoms with Crippen LogP contribution in [0.4, 0.5) is 0 Å². The van der Waals surface area contributed by atoms with Crippen molar-refractivity contribution < 1.29 is 18.8 Å². The molecule has 0 aliphatic heterocycles. The van der Waals surface area contributed by atoms with Crippen molar-refractivity contribution in [2.75, 3.05) is 13.0 Å². The maximum atomic E-state index is 10.1. The van der Waals surface area contributed by atoms with E-state index in [0.29, 0.717) is 5.88 Å². The van der Waals surface area contributed by atoms with Crippen LogP contribution in [-0.2, 0) is 18.8 Å². The van der Waals surface area contributed by atoms with Gasteiger partial charge in [-0.2, -0.15) is 0 Å². The Kier molecular flexibility index (Phi) is 13.2. The fourth-order valence-electron chi connectivity index (χ4n) is 0.270. The Morgan fingerprint density at radius 2 is 1.77 bits per heavy atom. The number of rotatable bonds is 3. The van der Waals surface area contributed by atoms with Crippen molar-refractivity contribution in [1.82, 2.24) is 0 Å². The van der Waals surface area contributed by atoms with Crippen molar-refractivity contribution in [2.45, 2.75) is 19.9 Å². The second kappa shape index (κ2) is 11.4. The minimum absolute atomic E-state index is 0.179. The van der Waals surface area contributed by atoms with Crippen LogP contribution >= 0.6 is 11.6 Å². The van der Waals surface area contributed by atoms with Gasteiger partial charge in [0.2, 0.25) is 9.76 Å². The molecule has 0 saturated heterocycles. The molecule has 0 amide bonds. The SMILES string of the molecule is CC(=O)O[SiH2]CCCl.COC(C)=O. The van der Waals surface area contributed by atoms with Gasteiger partial charge in [-0.05, 0) is 6.04 Å². The summed E-state index contributed by atoms with van der Waals surface area (Å²) in [5.74, 6) is 0.186. The molecular formula is C7H15ClO4Si. The van der Waals surface area contributed by atoms with Crippen molar-refractivity contribution in [1.29, 1.82) is 0 Å².